The fraction of sp³-hybridized carbons (Fsp3) is 0.310. The number of carboxylic acids is 3. The van der Waals surface area contributed by atoms with Crippen LogP contribution in [0.1, 0.15) is 169 Å². The molecule has 3 amide bonds. The van der Waals surface area contributed by atoms with Crippen LogP contribution < -0.4 is 14.2 Å². The SMILES string of the molecule is C.C.C.COc1cccc(C(=O)N(Cc2ccc(-c3ccc(O)c(C(=O)O)c3)cc2)Cc2ccccc2OC)c1.COc1ccccc1CN(Cc1ccc(-c2ccc(O)c(C(=O)O)c2)cc1)C(=O)C1CCCCC1.O=C(O)c1cc(-c2ccc(CN(CC3CC3)C(=O)C3CCCCC3)cc2)ccc1O. The van der Waals surface area contributed by atoms with Crippen LogP contribution in [0.15, 0.2) is 200 Å². The van der Waals surface area contributed by atoms with E-state index in [4.69, 9.17) is 14.2 Å². The van der Waals surface area contributed by atoms with E-state index in [9.17, 15) is 59.4 Å². The van der Waals surface area contributed by atoms with Crippen molar-refractivity contribution in [1.82, 2.24) is 14.7 Å². The number of carbonyl (C=O) groups excluding carboxylic acids is 3. The molecular formula is C87H99N3O15. The van der Waals surface area contributed by atoms with Crippen LogP contribution in [0.5, 0.6) is 34.5 Å². The zero-order valence-corrected chi connectivity index (χ0v) is 57.7. The highest BCUT2D eigenvalue weighted by atomic mass is 16.5. The molecule has 18 heteroatoms. The van der Waals surface area contributed by atoms with Gasteiger partial charge in [0.15, 0.2) is 0 Å². The van der Waals surface area contributed by atoms with Crippen molar-refractivity contribution < 1.29 is 73.6 Å². The Morgan fingerprint density at radius 1 is 0.362 bits per heavy atom. The van der Waals surface area contributed by atoms with Gasteiger partial charge in [0.1, 0.15) is 51.2 Å². The average Bonchev–Trinajstić information content (AvgIpc) is 0.995. The Morgan fingerprint density at radius 3 is 1.09 bits per heavy atom. The second kappa shape index (κ2) is 38.8. The van der Waals surface area contributed by atoms with E-state index in [1.165, 1.54) is 62.1 Å². The molecule has 0 radical (unpaired) electrons. The lowest BCUT2D eigenvalue weighted by Gasteiger charge is -2.30. The summed E-state index contributed by atoms with van der Waals surface area (Å²) in [5.74, 6) is -0.984. The number of aromatic carboxylic acids is 3. The lowest BCUT2D eigenvalue weighted by molar-refractivity contribution is -0.138. The van der Waals surface area contributed by atoms with Crippen LogP contribution in [-0.2, 0) is 42.3 Å². The highest BCUT2D eigenvalue weighted by molar-refractivity contribution is 5.96. The molecule has 9 aromatic rings. The molecule has 105 heavy (non-hydrogen) atoms. The molecule has 9 aromatic carbocycles. The highest BCUT2D eigenvalue weighted by Crippen LogP contribution is 2.36. The molecule has 12 rings (SSSR count). The minimum atomic E-state index is -1.20. The van der Waals surface area contributed by atoms with E-state index in [2.05, 4.69) is 4.90 Å². The number of phenols is 3. The summed E-state index contributed by atoms with van der Waals surface area (Å²) < 4.78 is 16.3. The molecule has 0 saturated heterocycles. The van der Waals surface area contributed by atoms with E-state index in [-0.39, 0.29) is 79.9 Å². The first-order chi connectivity index (χ1) is 49.4. The van der Waals surface area contributed by atoms with Gasteiger partial charge in [0, 0.05) is 67.8 Å². The van der Waals surface area contributed by atoms with Crippen LogP contribution in [0.25, 0.3) is 33.4 Å². The molecule has 3 fully saturated rings. The van der Waals surface area contributed by atoms with Crippen molar-refractivity contribution in [3.05, 3.63) is 250 Å². The number of methoxy groups -OCH3 is 3. The molecule has 552 valence electrons. The third-order valence-corrected chi connectivity index (χ3v) is 19.1. The predicted octanol–water partition coefficient (Wildman–Crippen LogP) is 18.5. The van der Waals surface area contributed by atoms with Gasteiger partial charge in [-0.15, -0.1) is 0 Å². The van der Waals surface area contributed by atoms with E-state index in [1.54, 1.807) is 68.7 Å². The standard InChI is InChI=1S/C30H27NO6.C29H31NO5.C25H29NO4.3CH4/c1-36-25-8-5-7-23(16-25)29(33)31(19-24-6-3-4-9-28(24)37-2)18-20-10-12-21(13-11-20)22-14-15-27(32)26(17-22)30(34)35;1-35-27-10-6-5-9-24(27)19-30(28(32)22-7-3-2-4-8-22)18-20-11-13-21(14-12-20)23-15-16-26(31)25(17-23)29(33)34;27-23-13-12-21(14-22(23)25(29)30)19-10-8-18(9-11-19)16-26(15-17-6-7-17)24(28)20-4-2-1-3-5-20;;;/h3-17,32H,18-19H2,1-2H3,(H,34,35);5-6,9-17,22,31H,2-4,7-8,18-19H2,1H3,(H,33,34);8-14,17,20,27H,1-7,15-16H2,(H,29,30);3*1H4. The molecule has 0 bridgehead atoms. The predicted molar refractivity (Wildman–Crippen MR) is 410 cm³/mol. The Morgan fingerprint density at radius 2 is 0.714 bits per heavy atom. The summed E-state index contributed by atoms with van der Waals surface area (Å²) in [5, 5.41) is 57.1. The van der Waals surface area contributed by atoms with Gasteiger partial charge in [-0.05, 0) is 161 Å². The molecule has 0 unspecified atom stereocenters. The van der Waals surface area contributed by atoms with E-state index in [0.29, 0.717) is 72.7 Å². The maximum Gasteiger partial charge on any atom is 0.339 e. The van der Waals surface area contributed by atoms with Crippen LogP contribution in [0, 0.1) is 17.8 Å². The summed E-state index contributed by atoms with van der Waals surface area (Å²) in [6.07, 6.45) is 13.3. The van der Waals surface area contributed by atoms with Gasteiger partial charge in [-0.2, -0.15) is 0 Å². The second-order valence-corrected chi connectivity index (χ2v) is 26.2. The number of nitrogens with zero attached hydrogens (tertiary/aromatic N) is 3. The first-order valence-corrected chi connectivity index (χ1v) is 34.6. The normalized spacial score (nSPS) is 13.2. The van der Waals surface area contributed by atoms with Gasteiger partial charge in [0.25, 0.3) is 5.91 Å². The van der Waals surface area contributed by atoms with Gasteiger partial charge >= 0.3 is 17.9 Å². The minimum Gasteiger partial charge on any atom is -0.507 e. The zero-order valence-electron chi connectivity index (χ0n) is 57.7. The summed E-state index contributed by atoms with van der Waals surface area (Å²) in [6.45, 7) is 3.11. The summed E-state index contributed by atoms with van der Waals surface area (Å²) >= 11 is 0. The molecule has 6 N–H and O–H groups in total. The van der Waals surface area contributed by atoms with Gasteiger partial charge in [0.05, 0.1) is 21.3 Å². The molecular weight excluding hydrogens is 1330 g/mol. The van der Waals surface area contributed by atoms with Crippen molar-refractivity contribution >= 4 is 35.6 Å². The molecule has 3 aliphatic rings. The van der Waals surface area contributed by atoms with Crippen molar-refractivity contribution in [2.45, 2.75) is 132 Å². The number of para-hydroxylation sites is 2. The van der Waals surface area contributed by atoms with Crippen LogP contribution >= 0.6 is 0 Å². The second-order valence-electron chi connectivity index (χ2n) is 26.2. The zero-order chi connectivity index (χ0) is 72.2. The van der Waals surface area contributed by atoms with Crippen molar-refractivity contribution in [3.63, 3.8) is 0 Å². The maximum absolute atomic E-state index is 13.6. The van der Waals surface area contributed by atoms with Gasteiger partial charge in [-0.3, -0.25) is 14.4 Å². The van der Waals surface area contributed by atoms with Crippen LogP contribution in [0.4, 0.5) is 0 Å². The average molecular weight is 1430 g/mol. The van der Waals surface area contributed by atoms with Gasteiger partial charge in [-0.1, -0.05) is 194 Å². The van der Waals surface area contributed by atoms with Gasteiger partial charge < -0.3 is 59.5 Å². The third kappa shape index (κ3) is 21.8. The van der Waals surface area contributed by atoms with E-state index in [1.807, 2.05) is 126 Å². The molecule has 0 heterocycles. The summed E-state index contributed by atoms with van der Waals surface area (Å²) in [4.78, 5) is 80.0. The number of ether oxygens (including phenoxy) is 3. The first kappa shape index (κ1) is 80.9. The van der Waals surface area contributed by atoms with E-state index < -0.39 is 17.9 Å². The molecule has 0 aromatic heterocycles. The largest absolute Gasteiger partial charge is 0.507 e. The quantitative estimate of drug-likeness (QED) is 0.0329. The summed E-state index contributed by atoms with van der Waals surface area (Å²) in [5.41, 5.74) is 9.56. The Hall–Kier alpha value is -11.4. The number of benzene rings is 9. The Kier molecular flexibility index (Phi) is 29.9. The summed E-state index contributed by atoms with van der Waals surface area (Å²) in [6, 6.07) is 59.3. The maximum atomic E-state index is 13.6. The lowest BCUT2D eigenvalue weighted by Crippen LogP contribution is -2.38. The fourth-order valence-electron chi connectivity index (χ4n) is 13.2. The third-order valence-electron chi connectivity index (χ3n) is 19.1. The molecule has 0 spiro atoms. The highest BCUT2D eigenvalue weighted by Gasteiger charge is 2.32. The minimum absolute atomic E-state index is 0. The van der Waals surface area contributed by atoms with Gasteiger partial charge in [0.2, 0.25) is 11.8 Å². The topological polar surface area (TPSA) is 261 Å². The first-order valence-electron chi connectivity index (χ1n) is 34.6. The number of carbonyl (C=O) groups is 6. The van der Waals surface area contributed by atoms with Crippen molar-refractivity contribution in [3.8, 4) is 67.9 Å². The molecule has 18 nitrogen and oxygen atoms in total. The van der Waals surface area contributed by atoms with E-state index in [0.717, 1.165) is 114 Å². The Balaban J connectivity index is 0.000000218. The number of amides is 3. The molecule has 3 aliphatic carbocycles. The van der Waals surface area contributed by atoms with E-state index >= 15 is 0 Å². The van der Waals surface area contributed by atoms with Crippen molar-refractivity contribution in [2.75, 3.05) is 27.9 Å². The van der Waals surface area contributed by atoms with Crippen molar-refractivity contribution in [1.29, 1.82) is 0 Å². The number of hydrogen-bond acceptors (Lipinski definition) is 12. The van der Waals surface area contributed by atoms with Crippen LogP contribution in [-0.4, -0.2) is 109 Å². The number of hydrogen-bond donors (Lipinski definition) is 6. The Labute approximate surface area is 616 Å². The number of carboxylic acid groups (broad SMARTS) is 3. The molecule has 0 aliphatic heterocycles. The molecule has 0 atom stereocenters. The lowest BCUT2D eigenvalue weighted by atomic mass is 9.88. The number of rotatable bonds is 24. The molecule has 3 saturated carbocycles. The fourth-order valence-corrected chi connectivity index (χ4v) is 13.2. The monoisotopic (exact) mass is 1430 g/mol. The van der Waals surface area contributed by atoms with Crippen LogP contribution in [0.3, 0.4) is 0 Å². The van der Waals surface area contributed by atoms with Crippen molar-refractivity contribution in [2.24, 2.45) is 17.8 Å². The summed E-state index contributed by atoms with van der Waals surface area (Å²) in [7, 11) is 4.81. The van der Waals surface area contributed by atoms with Crippen LogP contribution in [0.2, 0.25) is 0 Å². The Bertz CT molecular complexity index is 4390. The number of aromatic hydroxyl groups is 3. The van der Waals surface area contributed by atoms with Gasteiger partial charge in [-0.25, -0.2) is 14.4 Å². The smallest absolute Gasteiger partial charge is 0.339 e.